The molecule has 0 heterocycles. The van der Waals surface area contributed by atoms with E-state index in [9.17, 15) is 14.0 Å². The fourth-order valence-electron chi connectivity index (χ4n) is 4.30. The molecule has 1 fully saturated rings. The van der Waals surface area contributed by atoms with Gasteiger partial charge in [-0.3, -0.25) is 0 Å². The number of hydrogen-bond donors (Lipinski definition) is 1. The molecule has 0 spiro atoms. The molecule has 2 rings (SSSR count). The fourth-order valence-corrected chi connectivity index (χ4v) is 4.30. The minimum atomic E-state index is -0.830. The van der Waals surface area contributed by atoms with Gasteiger partial charge in [0, 0.05) is 5.92 Å². The van der Waals surface area contributed by atoms with Gasteiger partial charge >= 0.3 is 12.1 Å². The molecule has 1 N–H and O–H groups in total. The van der Waals surface area contributed by atoms with E-state index in [4.69, 9.17) is 9.47 Å². The first kappa shape index (κ1) is 24.2. The Balaban J connectivity index is 2.12. The Morgan fingerprint density at radius 2 is 1.77 bits per heavy atom. The summed E-state index contributed by atoms with van der Waals surface area (Å²) in [6, 6.07) is 3.99. The van der Waals surface area contributed by atoms with Gasteiger partial charge in [0.2, 0.25) is 0 Å². The summed E-state index contributed by atoms with van der Waals surface area (Å²) < 4.78 is 24.7. The smallest absolute Gasteiger partial charge is 0.408 e. The Hall–Kier alpha value is -2.11. The largest absolute Gasteiger partial charge is 0.460 e. The Morgan fingerprint density at radius 1 is 1.13 bits per heavy atom. The van der Waals surface area contributed by atoms with Crippen molar-refractivity contribution < 1.29 is 23.5 Å². The van der Waals surface area contributed by atoms with Crippen LogP contribution in [0.5, 0.6) is 0 Å². The monoisotopic (exact) mass is 421 g/mol. The van der Waals surface area contributed by atoms with Crippen LogP contribution in [0.15, 0.2) is 18.2 Å². The molecule has 0 radical (unpaired) electrons. The minimum Gasteiger partial charge on any atom is -0.460 e. The zero-order valence-corrected chi connectivity index (χ0v) is 19.1. The lowest BCUT2D eigenvalue weighted by molar-refractivity contribution is -0.152. The molecule has 1 aliphatic rings. The SMILES string of the molecule is Cc1cc(F)ccc1[C@H](C1CCCCC1)[C@H](C)OC(=O)[C@H](C)NC(=O)OC(C)(C)C. The first-order valence-corrected chi connectivity index (χ1v) is 10.9. The lowest BCUT2D eigenvalue weighted by Crippen LogP contribution is -2.44. The second-order valence-electron chi connectivity index (χ2n) is 9.43. The van der Waals surface area contributed by atoms with Gasteiger partial charge in [-0.25, -0.2) is 14.0 Å². The van der Waals surface area contributed by atoms with Crippen molar-refractivity contribution >= 4 is 12.1 Å². The fraction of sp³-hybridized carbons (Fsp3) is 0.667. The highest BCUT2D eigenvalue weighted by molar-refractivity contribution is 5.81. The Kier molecular flexibility index (Phi) is 8.27. The van der Waals surface area contributed by atoms with Crippen LogP contribution in [0.2, 0.25) is 0 Å². The third-order valence-electron chi connectivity index (χ3n) is 5.64. The molecule has 0 bridgehead atoms. The van der Waals surface area contributed by atoms with Crippen molar-refractivity contribution in [1.82, 2.24) is 5.32 Å². The van der Waals surface area contributed by atoms with Crippen LogP contribution >= 0.6 is 0 Å². The molecule has 0 unspecified atom stereocenters. The average Bonchev–Trinajstić information content (AvgIpc) is 2.63. The molecule has 0 aliphatic heterocycles. The number of rotatable bonds is 6. The number of ether oxygens (including phenoxy) is 2. The second-order valence-corrected chi connectivity index (χ2v) is 9.43. The number of hydrogen-bond acceptors (Lipinski definition) is 4. The summed E-state index contributed by atoms with van der Waals surface area (Å²) in [5, 5.41) is 2.53. The van der Waals surface area contributed by atoms with Crippen LogP contribution in [0.3, 0.4) is 0 Å². The van der Waals surface area contributed by atoms with Gasteiger partial charge in [0.05, 0.1) is 0 Å². The van der Waals surface area contributed by atoms with Gasteiger partial charge in [0.1, 0.15) is 23.6 Å². The third-order valence-corrected chi connectivity index (χ3v) is 5.64. The topological polar surface area (TPSA) is 64.6 Å². The minimum absolute atomic E-state index is 0.0106. The van der Waals surface area contributed by atoms with Gasteiger partial charge in [-0.05, 0) is 83.6 Å². The molecule has 1 aliphatic carbocycles. The average molecular weight is 422 g/mol. The van der Waals surface area contributed by atoms with Crippen LogP contribution in [0.1, 0.15) is 83.8 Å². The van der Waals surface area contributed by atoms with Crippen molar-refractivity contribution in [2.45, 2.75) is 97.3 Å². The summed E-state index contributed by atoms with van der Waals surface area (Å²) in [5.41, 5.74) is 1.25. The number of benzene rings is 1. The zero-order valence-electron chi connectivity index (χ0n) is 19.1. The van der Waals surface area contributed by atoms with Crippen LogP contribution < -0.4 is 5.32 Å². The van der Waals surface area contributed by atoms with E-state index >= 15 is 0 Å². The zero-order chi connectivity index (χ0) is 22.5. The predicted molar refractivity (Wildman–Crippen MR) is 115 cm³/mol. The summed E-state index contributed by atoms with van der Waals surface area (Å²) in [4.78, 5) is 24.6. The quantitative estimate of drug-likeness (QED) is 0.604. The van der Waals surface area contributed by atoms with Crippen LogP contribution in [0, 0.1) is 18.7 Å². The van der Waals surface area contributed by atoms with E-state index in [0.29, 0.717) is 5.92 Å². The summed E-state index contributed by atoms with van der Waals surface area (Å²) in [6.45, 7) is 10.7. The number of amides is 1. The van der Waals surface area contributed by atoms with Crippen LogP contribution in [-0.4, -0.2) is 29.8 Å². The number of aryl methyl sites for hydroxylation is 1. The maximum Gasteiger partial charge on any atom is 0.408 e. The molecule has 1 amide bonds. The third kappa shape index (κ3) is 6.99. The maximum atomic E-state index is 13.7. The molecule has 168 valence electrons. The summed E-state index contributed by atoms with van der Waals surface area (Å²) in [6.07, 6.45) is 4.60. The van der Waals surface area contributed by atoms with E-state index in [1.165, 1.54) is 18.6 Å². The van der Waals surface area contributed by atoms with Gasteiger partial charge in [-0.2, -0.15) is 0 Å². The van der Waals surface area contributed by atoms with Crippen molar-refractivity contribution in [2.24, 2.45) is 5.92 Å². The van der Waals surface area contributed by atoms with Crippen molar-refractivity contribution in [3.63, 3.8) is 0 Å². The molecule has 1 aromatic rings. The van der Waals surface area contributed by atoms with Crippen LogP contribution in [0.4, 0.5) is 9.18 Å². The molecule has 0 saturated heterocycles. The molecule has 0 aromatic heterocycles. The molecule has 5 nitrogen and oxygen atoms in total. The molecule has 1 saturated carbocycles. The molecule has 1 aromatic carbocycles. The first-order chi connectivity index (χ1) is 14.0. The van der Waals surface area contributed by atoms with E-state index < -0.39 is 29.8 Å². The maximum absolute atomic E-state index is 13.7. The predicted octanol–water partition coefficient (Wildman–Crippen LogP) is 5.64. The Morgan fingerprint density at radius 3 is 2.33 bits per heavy atom. The number of nitrogens with one attached hydrogen (secondary N) is 1. The normalized spacial score (nSPS) is 18.2. The standard InChI is InChI=1S/C24H36FNO4/c1-15-14-19(25)12-13-20(15)21(18-10-8-7-9-11-18)17(3)29-22(27)16(2)26-23(28)30-24(4,5)6/h12-14,16-18,21H,7-11H2,1-6H3,(H,26,28)/t16-,17-,21-/m0/s1. The van der Waals surface area contributed by atoms with Crippen LogP contribution in [0.25, 0.3) is 0 Å². The summed E-state index contributed by atoms with van der Waals surface area (Å²) in [5.74, 6) is -0.407. The van der Waals surface area contributed by atoms with E-state index in [1.54, 1.807) is 27.7 Å². The van der Waals surface area contributed by atoms with Gasteiger partial charge in [0.15, 0.2) is 0 Å². The highest BCUT2D eigenvalue weighted by atomic mass is 19.1. The van der Waals surface area contributed by atoms with Crippen molar-refractivity contribution in [3.8, 4) is 0 Å². The molecule has 3 atom stereocenters. The number of halogens is 1. The molecule has 6 heteroatoms. The van der Waals surface area contributed by atoms with Crippen LogP contribution in [-0.2, 0) is 14.3 Å². The summed E-state index contributed by atoms with van der Waals surface area (Å²) in [7, 11) is 0. The molecule has 30 heavy (non-hydrogen) atoms. The highest BCUT2D eigenvalue weighted by Gasteiger charge is 2.34. The van der Waals surface area contributed by atoms with Gasteiger partial charge in [-0.15, -0.1) is 0 Å². The van der Waals surface area contributed by atoms with Gasteiger partial charge in [-0.1, -0.05) is 25.3 Å². The first-order valence-electron chi connectivity index (χ1n) is 10.9. The van der Waals surface area contributed by atoms with Gasteiger partial charge < -0.3 is 14.8 Å². The number of carbonyl (C=O) groups excluding carboxylic acids is 2. The van der Waals surface area contributed by atoms with Crippen molar-refractivity contribution in [3.05, 3.63) is 35.1 Å². The van der Waals surface area contributed by atoms with E-state index in [2.05, 4.69) is 5.32 Å². The van der Waals surface area contributed by atoms with Crippen molar-refractivity contribution in [2.75, 3.05) is 0 Å². The lowest BCUT2D eigenvalue weighted by Gasteiger charge is -2.35. The Labute approximate surface area is 179 Å². The Bertz CT molecular complexity index is 737. The number of esters is 1. The van der Waals surface area contributed by atoms with E-state index in [1.807, 2.05) is 19.9 Å². The highest BCUT2D eigenvalue weighted by Crippen LogP contribution is 2.40. The van der Waals surface area contributed by atoms with Crippen molar-refractivity contribution in [1.29, 1.82) is 0 Å². The summed E-state index contributed by atoms with van der Waals surface area (Å²) >= 11 is 0. The molecular formula is C24H36FNO4. The number of carbonyl (C=O) groups is 2. The second kappa shape index (κ2) is 10.3. The van der Waals surface area contributed by atoms with Gasteiger partial charge in [0.25, 0.3) is 0 Å². The molecular weight excluding hydrogens is 385 g/mol. The van der Waals surface area contributed by atoms with E-state index in [0.717, 1.165) is 36.8 Å². The lowest BCUT2D eigenvalue weighted by atomic mass is 9.73. The van der Waals surface area contributed by atoms with E-state index in [-0.39, 0.29) is 11.7 Å². The number of alkyl carbamates (subject to hydrolysis) is 1.